The zero-order valence-electron chi connectivity index (χ0n) is 15.0. The minimum Gasteiger partial charge on any atom is -0.508 e. The average molecular weight is 339 g/mol. The molecule has 0 unspecified atom stereocenters. The monoisotopic (exact) mass is 339 g/mol. The average Bonchev–Trinajstić information content (AvgIpc) is 2.63. The van der Waals surface area contributed by atoms with Crippen molar-refractivity contribution in [2.45, 2.75) is 33.0 Å². The molecule has 1 fully saturated rings. The van der Waals surface area contributed by atoms with E-state index in [2.05, 4.69) is 13.8 Å². The topological polar surface area (TPSA) is 49.8 Å². The number of hydrogen-bond donors (Lipinski definition) is 1. The maximum absolute atomic E-state index is 13.1. The van der Waals surface area contributed by atoms with Crippen molar-refractivity contribution in [3.05, 3.63) is 65.2 Å². The number of hydrogen-bond acceptors (Lipinski definition) is 3. The third-order valence-electron chi connectivity index (χ3n) is 4.86. The van der Waals surface area contributed by atoms with Crippen molar-refractivity contribution in [2.24, 2.45) is 5.92 Å². The quantitative estimate of drug-likeness (QED) is 0.921. The number of nitrogens with zero attached hydrogens (tertiary/aromatic N) is 1. The molecular formula is C21H25NO3. The van der Waals surface area contributed by atoms with E-state index in [9.17, 15) is 9.90 Å². The predicted molar refractivity (Wildman–Crippen MR) is 97.6 cm³/mol. The molecule has 0 spiro atoms. The van der Waals surface area contributed by atoms with Gasteiger partial charge in [0.2, 0.25) is 0 Å². The van der Waals surface area contributed by atoms with Gasteiger partial charge in [-0.05, 0) is 30.5 Å². The number of rotatable bonds is 3. The van der Waals surface area contributed by atoms with E-state index in [0.29, 0.717) is 30.1 Å². The SMILES string of the molecule is Cc1c(O)cccc1C(=O)N1C[C@@H](c2ccccc2)O[C@@H](C(C)C)C1. The molecule has 1 N–H and O–H groups in total. The van der Waals surface area contributed by atoms with E-state index in [1.54, 1.807) is 25.1 Å². The van der Waals surface area contributed by atoms with Crippen LogP contribution in [0.15, 0.2) is 48.5 Å². The molecule has 1 heterocycles. The molecule has 1 aliphatic heterocycles. The minimum atomic E-state index is -0.135. The molecule has 0 bridgehead atoms. The molecule has 0 aliphatic carbocycles. The number of ether oxygens (including phenoxy) is 1. The zero-order valence-corrected chi connectivity index (χ0v) is 15.0. The Hall–Kier alpha value is -2.33. The lowest BCUT2D eigenvalue weighted by Gasteiger charge is -2.40. The van der Waals surface area contributed by atoms with Gasteiger partial charge >= 0.3 is 0 Å². The molecule has 0 aromatic heterocycles. The number of benzene rings is 2. The first kappa shape index (κ1) is 17.5. The first-order valence-corrected chi connectivity index (χ1v) is 8.75. The van der Waals surface area contributed by atoms with E-state index in [4.69, 9.17) is 4.74 Å². The largest absolute Gasteiger partial charge is 0.508 e. The highest BCUT2D eigenvalue weighted by molar-refractivity contribution is 5.96. The lowest BCUT2D eigenvalue weighted by molar-refractivity contribution is -0.0954. The van der Waals surface area contributed by atoms with Crippen LogP contribution in [0.25, 0.3) is 0 Å². The minimum absolute atomic E-state index is 0.0134. The van der Waals surface area contributed by atoms with Crippen molar-refractivity contribution < 1.29 is 14.6 Å². The molecule has 0 saturated carbocycles. The molecule has 0 radical (unpaired) electrons. The van der Waals surface area contributed by atoms with E-state index < -0.39 is 0 Å². The predicted octanol–water partition coefficient (Wildman–Crippen LogP) is 3.94. The van der Waals surface area contributed by atoms with E-state index in [1.165, 1.54) is 0 Å². The van der Waals surface area contributed by atoms with Crippen molar-refractivity contribution in [1.82, 2.24) is 4.90 Å². The van der Waals surface area contributed by atoms with Crippen LogP contribution in [0, 0.1) is 12.8 Å². The number of carbonyl (C=O) groups excluding carboxylic acids is 1. The van der Waals surface area contributed by atoms with Crippen molar-refractivity contribution in [3.63, 3.8) is 0 Å². The Morgan fingerprint density at radius 1 is 1.12 bits per heavy atom. The van der Waals surface area contributed by atoms with Crippen LogP contribution in [0.1, 0.15) is 41.4 Å². The van der Waals surface area contributed by atoms with Crippen LogP contribution in [0.3, 0.4) is 0 Å². The zero-order chi connectivity index (χ0) is 18.0. The fourth-order valence-corrected chi connectivity index (χ4v) is 3.20. The van der Waals surface area contributed by atoms with Gasteiger partial charge in [-0.1, -0.05) is 50.2 Å². The van der Waals surface area contributed by atoms with Crippen LogP contribution in [0.4, 0.5) is 0 Å². The molecule has 2 aromatic rings. The number of morpholine rings is 1. The number of carbonyl (C=O) groups is 1. The van der Waals surface area contributed by atoms with Crippen LogP contribution in [0.5, 0.6) is 5.75 Å². The summed E-state index contributed by atoms with van der Waals surface area (Å²) in [5.41, 5.74) is 2.26. The molecule has 3 rings (SSSR count). The lowest BCUT2D eigenvalue weighted by Crippen LogP contribution is -2.48. The Morgan fingerprint density at radius 2 is 1.84 bits per heavy atom. The number of phenols is 1. The van der Waals surface area contributed by atoms with Crippen molar-refractivity contribution in [2.75, 3.05) is 13.1 Å². The first-order chi connectivity index (χ1) is 12.0. The fraction of sp³-hybridized carbons (Fsp3) is 0.381. The van der Waals surface area contributed by atoms with Gasteiger partial charge in [0.25, 0.3) is 5.91 Å². The number of phenolic OH excluding ortho intramolecular Hbond substituents is 1. The summed E-state index contributed by atoms with van der Waals surface area (Å²) < 4.78 is 6.26. The molecule has 2 aromatic carbocycles. The fourth-order valence-electron chi connectivity index (χ4n) is 3.20. The van der Waals surface area contributed by atoms with Gasteiger partial charge < -0.3 is 14.7 Å². The molecule has 1 amide bonds. The maximum Gasteiger partial charge on any atom is 0.254 e. The second-order valence-corrected chi connectivity index (χ2v) is 6.98. The van der Waals surface area contributed by atoms with Gasteiger partial charge in [-0.25, -0.2) is 0 Å². The highest BCUT2D eigenvalue weighted by Crippen LogP contribution is 2.30. The molecule has 2 atom stereocenters. The summed E-state index contributed by atoms with van der Waals surface area (Å²) in [4.78, 5) is 14.9. The van der Waals surface area contributed by atoms with E-state index in [0.717, 1.165) is 5.56 Å². The summed E-state index contributed by atoms with van der Waals surface area (Å²) in [5, 5.41) is 9.92. The van der Waals surface area contributed by atoms with Crippen molar-refractivity contribution in [3.8, 4) is 5.75 Å². The Balaban J connectivity index is 1.89. The molecule has 1 aliphatic rings. The maximum atomic E-state index is 13.1. The second-order valence-electron chi connectivity index (χ2n) is 6.98. The Bertz CT molecular complexity index is 742. The van der Waals surface area contributed by atoms with Crippen LogP contribution in [-0.4, -0.2) is 35.1 Å². The summed E-state index contributed by atoms with van der Waals surface area (Å²) in [5.74, 6) is 0.412. The van der Waals surface area contributed by atoms with Crippen LogP contribution in [0.2, 0.25) is 0 Å². The Kier molecular flexibility index (Phi) is 5.09. The van der Waals surface area contributed by atoms with Crippen LogP contribution < -0.4 is 0 Å². The van der Waals surface area contributed by atoms with Gasteiger partial charge in [-0.2, -0.15) is 0 Å². The summed E-state index contributed by atoms with van der Waals surface area (Å²) in [6.07, 6.45) is -0.149. The summed E-state index contributed by atoms with van der Waals surface area (Å²) in [7, 11) is 0. The standard InChI is InChI=1S/C21H25NO3/c1-14(2)19-12-22(13-20(25-19)16-8-5-4-6-9-16)21(24)17-10-7-11-18(23)15(17)3/h4-11,14,19-20,23H,12-13H2,1-3H3/t19-,20+/m1/s1. The molecule has 4 heteroatoms. The summed E-state index contributed by atoms with van der Waals surface area (Å²) in [6.45, 7) is 7.08. The third kappa shape index (κ3) is 3.69. The summed E-state index contributed by atoms with van der Waals surface area (Å²) >= 11 is 0. The third-order valence-corrected chi connectivity index (χ3v) is 4.86. The van der Waals surface area contributed by atoms with Gasteiger partial charge in [-0.3, -0.25) is 4.79 Å². The van der Waals surface area contributed by atoms with Gasteiger partial charge in [0.1, 0.15) is 11.9 Å². The van der Waals surface area contributed by atoms with Gasteiger partial charge in [-0.15, -0.1) is 0 Å². The number of amides is 1. The molecular weight excluding hydrogens is 314 g/mol. The summed E-state index contributed by atoms with van der Waals surface area (Å²) in [6, 6.07) is 15.1. The highest BCUT2D eigenvalue weighted by atomic mass is 16.5. The van der Waals surface area contributed by atoms with E-state index in [1.807, 2.05) is 35.2 Å². The smallest absolute Gasteiger partial charge is 0.254 e. The highest BCUT2D eigenvalue weighted by Gasteiger charge is 2.33. The lowest BCUT2D eigenvalue weighted by atomic mass is 9.99. The number of aromatic hydroxyl groups is 1. The van der Waals surface area contributed by atoms with Gasteiger partial charge in [0.05, 0.1) is 12.6 Å². The van der Waals surface area contributed by atoms with Crippen LogP contribution in [-0.2, 0) is 4.74 Å². The molecule has 1 saturated heterocycles. The van der Waals surface area contributed by atoms with Gasteiger partial charge in [0.15, 0.2) is 0 Å². The Labute approximate surface area is 149 Å². The van der Waals surface area contributed by atoms with Crippen LogP contribution >= 0.6 is 0 Å². The van der Waals surface area contributed by atoms with Gasteiger partial charge in [0, 0.05) is 17.7 Å². The normalized spacial score (nSPS) is 20.7. The molecule has 4 nitrogen and oxygen atoms in total. The second kappa shape index (κ2) is 7.28. The van der Waals surface area contributed by atoms with E-state index >= 15 is 0 Å². The van der Waals surface area contributed by atoms with Crippen molar-refractivity contribution in [1.29, 1.82) is 0 Å². The first-order valence-electron chi connectivity index (χ1n) is 8.75. The van der Waals surface area contributed by atoms with Crippen molar-refractivity contribution >= 4 is 5.91 Å². The molecule has 132 valence electrons. The molecule has 25 heavy (non-hydrogen) atoms. The Morgan fingerprint density at radius 3 is 2.52 bits per heavy atom. The van der Waals surface area contributed by atoms with E-state index in [-0.39, 0.29) is 23.9 Å².